The van der Waals surface area contributed by atoms with Crippen LogP contribution in [-0.2, 0) is 20.4 Å². The van der Waals surface area contributed by atoms with Gasteiger partial charge in [-0.1, -0.05) is 29.8 Å². The normalized spacial score (nSPS) is 14.5. The molecule has 2 aromatic carbocycles. The van der Waals surface area contributed by atoms with Crippen LogP contribution in [0, 0.1) is 0 Å². The van der Waals surface area contributed by atoms with Gasteiger partial charge < -0.3 is 15.1 Å². The molecule has 1 N–H and O–H groups in total. The quantitative estimate of drug-likeness (QED) is 0.728. The van der Waals surface area contributed by atoms with E-state index in [0.717, 1.165) is 11.9 Å². The van der Waals surface area contributed by atoms with Gasteiger partial charge in [-0.2, -0.15) is 0 Å². The second-order valence-corrected chi connectivity index (χ2v) is 9.87. The highest BCUT2D eigenvalue weighted by molar-refractivity contribution is 7.89. The number of piperazine rings is 1. The fourth-order valence-corrected chi connectivity index (χ4v) is 4.29. The molecule has 0 aromatic heterocycles. The van der Waals surface area contributed by atoms with Crippen LogP contribution in [0.1, 0.15) is 15.9 Å². The molecule has 2 aromatic rings. The summed E-state index contributed by atoms with van der Waals surface area (Å²) in [5, 5.41) is 3.31. The largest absolute Gasteiger partial charge is 0.368 e. The molecule has 1 saturated heterocycles. The number of sulfone groups is 1. The molecule has 9 heteroatoms. The molecule has 30 heavy (non-hydrogen) atoms. The predicted molar refractivity (Wildman–Crippen MR) is 118 cm³/mol. The number of benzene rings is 2. The van der Waals surface area contributed by atoms with Gasteiger partial charge in [0.05, 0.1) is 12.3 Å². The summed E-state index contributed by atoms with van der Waals surface area (Å²) in [4.78, 5) is 28.6. The Morgan fingerprint density at radius 1 is 1.03 bits per heavy atom. The van der Waals surface area contributed by atoms with E-state index < -0.39 is 9.84 Å². The van der Waals surface area contributed by atoms with E-state index in [0.29, 0.717) is 42.3 Å². The van der Waals surface area contributed by atoms with Gasteiger partial charge in [0.15, 0.2) is 9.84 Å². The van der Waals surface area contributed by atoms with Gasteiger partial charge >= 0.3 is 0 Å². The Kier molecular flexibility index (Phi) is 6.99. The lowest BCUT2D eigenvalue weighted by molar-refractivity contribution is -0.130. The van der Waals surface area contributed by atoms with E-state index in [1.165, 1.54) is 0 Å². The van der Waals surface area contributed by atoms with E-state index in [9.17, 15) is 18.0 Å². The molecule has 3 rings (SSSR count). The number of nitrogens with one attached hydrogen (secondary N) is 1. The van der Waals surface area contributed by atoms with Crippen molar-refractivity contribution < 1.29 is 18.0 Å². The molecular weight excluding hydrogens is 426 g/mol. The van der Waals surface area contributed by atoms with Gasteiger partial charge in [0.2, 0.25) is 5.91 Å². The molecule has 0 radical (unpaired) electrons. The van der Waals surface area contributed by atoms with Crippen molar-refractivity contribution in [3.63, 3.8) is 0 Å². The van der Waals surface area contributed by atoms with Gasteiger partial charge in [0.25, 0.3) is 5.91 Å². The summed E-state index contributed by atoms with van der Waals surface area (Å²) >= 11 is 6.04. The molecule has 0 atom stereocenters. The van der Waals surface area contributed by atoms with Crippen molar-refractivity contribution >= 4 is 38.9 Å². The molecule has 1 heterocycles. The van der Waals surface area contributed by atoms with Gasteiger partial charge in [-0.05, 0) is 35.9 Å². The monoisotopic (exact) mass is 449 g/mol. The molecule has 7 nitrogen and oxygen atoms in total. The van der Waals surface area contributed by atoms with E-state index in [-0.39, 0.29) is 24.1 Å². The number of amides is 2. The summed E-state index contributed by atoms with van der Waals surface area (Å²) in [6.45, 7) is 2.45. The van der Waals surface area contributed by atoms with Crippen LogP contribution in [0.4, 0.5) is 5.69 Å². The molecule has 0 unspecified atom stereocenters. The fourth-order valence-electron chi connectivity index (χ4n) is 3.31. The Balaban J connectivity index is 1.47. The number of nitrogens with zero attached hydrogens (tertiary/aromatic N) is 2. The summed E-state index contributed by atoms with van der Waals surface area (Å²) in [7, 11) is -3.13. The Hall–Kier alpha value is -2.58. The van der Waals surface area contributed by atoms with Crippen molar-refractivity contribution in [2.24, 2.45) is 0 Å². The number of anilines is 1. The molecule has 160 valence electrons. The van der Waals surface area contributed by atoms with Crippen molar-refractivity contribution in [2.45, 2.75) is 5.75 Å². The molecule has 1 aliphatic heterocycles. The van der Waals surface area contributed by atoms with Crippen LogP contribution in [0.15, 0.2) is 48.5 Å². The maximum Gasteiger partial charge on any atom is 0.251 e. The summed E-state index contributed by atoms with van der Waals surface area (Å²) < 4.78 is 22.7. The van der Waals surface area contributed by atoms with E-state index in [4.69, 9.17) is 11.6 Å². The second kappa shape index (κ2) is 9.49. The summed E-state index contributed by atoms with van der Waals surface area (Å²) in [5.74, 6) is -0.580. The van der Waals surface area contributed by atoms with Crippen molar-refractivity contribution in [3.8, 4) is 0 Å². The van der Waals surface area contributed by atoms with Crippen LogP contribution in [0.25, 0.3) is 0 Å². The number of rotatable bonds is 6. The average Bonchev–Trinajstić information content (AvgIpc) is 2.71. The zero-order chi connectivity index (χ0) is 21.7. The summed E-state index contributed by atoms with van der Waals surface area (Å²) in [5.41, 5.74) is 2.02. The van der Waals surface area contributed by atoms with Gasteiger partial charge in [-0.3, -0.25) is 9.59 Å². The number of hydrogen-bond acceptors (Lipinski definition) is 5. The Bertz CT molecular complexity index is 1020. The van der Waals surface area contributed by atoms with Gasteiger partial charge in [0, 0.05) is 48.7 Å². The van der Waals surface area contributed by atoms with Crippen LogP contribution < -0.4 is 10.2 Å². The number of carbonyl (C=O) groups is 2. The highest BCUT2D eigenvalue weighted by Crippen LogP contribution is 2.20. The van der Waals surface area contributed by atoms with E-state index in [2.05, 4.69) is 10.2 Å². The molecule has 0 saturated carbocycles. The third-order valence-corrected chi connectivity index (χ3v) is 5.94. The van der Waals surface area contributed by atoms with Crippen LogP contribution in [0.3, 0.4) is 0 Å². The number of carbonyl (C=O) groups excluding carboxylic acids is 2. The van der Waals surface area contributed by atoms with Crippen molar-refractivity contribution in [1.29, 1.82) is 0 Å². The minimum absolute atomic E-state index is 0.0749. The second-order valence-electron chi connectivity index (χ2n) is 7.30. The highest BCUT2D eigenvalue weighted by atomic mass is 35.5. The molecule has 0 aliphatic carbocycles. The lowest BCUT2D eigenvalue weighted by Gasteiger charge is -2.36. The topological polar surface area (TPSA) is 86.8 Å². The third-order valence-electron chi connectivity index (χ3n) is 4.85. The first-order valence-electron chi connectivity index (χ1n) is 9.54. The first kappa shape index (κ1) is 22.1. The maximum absolute atomic E-state index is 12.4. The Morgan fingerprint density at radius 2 is 1.70 bits per heavy atom. The molecule has 1 aliphatic rings. The summed E-state index contributed by atoms with van der Waals surface area (Å²) in [6.07, 6.45) is 1.16. The molecule has 2 amide bonds. The minimum Gasteiger partial charge on any atom is -0.368 e. The van der Waals surface area contributed by atoms with Crippen molar-refractivity contribution in [1.82, 2.24) is 10.2 Å². The first-order chi connectivity index (χ1) is 14.2. The van der Waals surface area contributed by atoms with Gasteiger partial charge in [-0.25, -0.2) is 8.42 Å². The molecular formula is C21H24ClN3O4S. The predicted octanol–water partition coefficient (Wildman–Crippen LogP) is 1.96. The molecule has 0 spiro atoms. The first-order valence-corrected chi connectivity index (χ1v) is 12.0. The van der Waals surface area contributed by atoms with Crippen molar-refractivity contribution in [3.05, 3.63) is 64.7 Å². The van der Waals surface area contributed by atoms with Crippen LogP contribution in [0.2, 0.25) is 5.02 Å². The van der Waals surface area contributed by atoms with Crippen molar-refractivity contribution in [2.75, 3.05) is 43.9 Å². The Morgan fingerprint density at radius 3 is 2.30 bits per heavy atom. The fraction of sp³-hybridized carbons (Fsp3) is 0.333. The Labute approximate surface area is 181 Å². The lowest BCUT2D eigenvalue weighted by Crippen LogP contribution is -2.51. The van der Waals surface area contributed by atoms with E-state index >= 15 is 0 Å². The number of hydrogen-bond donors (Lipinski definition) is 1. The van der Waals surface area contributed by atoms with E-state index in [1.807, 2.05) is 24.3 Å². The smallest absolute Gasteiger partial charge is 0.251 e. The average molecular weight is 450 g/mol. The van der Waals surface area contributed by atoms with E-state index in [1.54, 1.807) is 29.2 Å². The maximum atomic E-state index is 12.4. The number of halogens is 1. The zero-order valence-corrected chi connectivity index (χ0v) is 18.2. The molecule has 1 fully saturated rings. The van der Waals surface area contributed by atoms with Crippen LogP contribution >= 0.6 is 11.6 Å². The third kappa shape index (κ3) is 6.21. The van der Waals surface area contributed by atoms with Gasteiger partial charge in [-0.15, -0.1) is 0 Å². The minimum atomic E-state index is -3.13. The standard InChI is InChI=1S/C21H24ClN3O4S/c1-30(28,29)15-16-5-7-17(8-6-16)21(27)23-14-20(26)25-11-9-24(10-12-25)19-4-2-3-18(22)13-19/h2-8,13H,9-12,14-15H2,1H3,(H,23,27). The summed E-state index contributed by atoms with van der Waals surface area (Å²) in [6, 6.07) is 13.9. The van der Waals surface area contributed by atoms with Gasteiger partial charge in [0.1, 0.15) is 0 Å². The highest BCUT2D eigenvalue weighted by Gasteiger charge is 2.22. The van der Waals surface area contributed by atoms with Crippen LogP contribution in [-0.4, -0.2) is 64.1 Å². The van der Waals surface area contributed by atoms with Crippen LogP contribution in [0.5, 0.6) is 0 Å². The SMILES string of the molecule is CS(=O)(=O)Cc1ccc(C(=O)NCC(=O)N2CCN(c3cccc(Cl)c3)CC2)cc1. The zero-order valence-electron chi connectivity index (χ0n) is 16.7. The lowest BCUT2D eigenvalue weighted by atomic mass is 10.1. The molecule has 0 bridgehead atoms.